The van der Waals surface area contributed by atoms with E-state index in [2.05, 4.69) is 32.9 Å². The lowest BCUT2D eigenvalue weighted by atomic mass is 10.0. The highest BCUT2D eigenvalue weighted by Gasteiger charge is 2.19. The number of nitrogens with zero attached hydrogens (tertiary/aromatic N) is 1. The number of nitrogens with one attached hydrogen (secondary N) is 1. The summed E-state index contributed by atoms with van der Waals surface area (Å²) >= 11 is 8.16. The molecule has 0 radical (unpaired) electrons. The van der Waals surface area contributed by atoms with E-state index in [9.17, 15) is 4.79 Å². The third-order valence-corrected chi connectivity index (χ3v) is 4.10. The van der Waals surface area contributed by atoms with Crippen molar-refractivity contribution in [1.82, 2.24) is 5.32 Å². The van der Waals surface area contributed by atoms with Crippen LogP contribution in [0.2, 0.25) is 5.02 Å². The van der Waals surface area contributed by atoms with Crippen molar-refractivity contribution in [2.75, 3.05) is 7.05 Å². The maximum absolute atomic E-state index is 12.5. The van der Waals surface area contributed by atoms with Crippen LogP contribution in [0, 0.1) is 3.57 Å². The number of hydrogen-bond acceptors (Lipinski definition) is 2. The van der Waals surface area contributed by atoms with E-state index in [1.165, 1.54) is 0 Å². The molecule has 0 bridgehead atoms. The first-order valence-corrected chi connectivity index (χ1v) is 8.59. The monoisotopic (exact) mass is 440 g/mol. The summed E-state index contributed by atoms with van der Waals surface area (Å²) in [6, 6.07) is 13.4. The van der Waals surface area contributed by atoms with Gasteiger partial charge in [-0.2, -0.15) is 0 Å². The molecule has 0 fully saturated rings. The first-order valence-electron chi connectivity index (χ1n) is 7.13. The number of carbonyl (C=O) groups excluding carboxylic acids is 1. The summed E-state index contributed by atoms with van der Waals surface area (Å²) < 4.78 is 1.00. The van der Waals surface area contributed by atoms with Gasteiger partial charge in [0.2, 0.25) is 0 Å². The van der Waals surface area contributed by atoms with Crippen molar-refractivity contribution in [2.24, 2.45) is 4.99 Å². The summed E-state index contributed by atoms with van der Waals surface area (Å²) in [7, 11) is 1.69. The van der Waals surface area contributed by atoms with Crippen molar-refractivity contribution in [3.05, 3.63) is 56.6 Å². The summed E-state index contributed by atoms with van der Waals surface area (Å²) in [5, 5.41) is 3.67. The average molecular weight is 441 g/mol. The van der Waals surface area contributed by atoms with E-state index in [-0.39, 0.29) is 5.91 Å². The summed E-state index contributed by atoms with van der Waals surface area (Å²) in [6.45, 7) is 3.82. The Morgan fingerprint density at radius 1 is 1.17 bits per heavy atom. The molecule has 0 saturated heterocycles. The Bertz CT molecular complexity index is 739. The second-order valence-corrected chi connectivity index (χ2v) is 7.48. The van der Waals surface area contributed by atoms with Gasteiger partial charge in [-0.1, -0.05) is 23.7 Å². The molecule has 23 heavy (non-hydrogen) atoms. The smallest absolute Gasteiger partial charge is 0.252 e. The lowest BCUT2D eigenvalue weighted by Gasteiger charge is -2.21. The molecule has 0 unspecified atom stereocenters. The standard InChI is InChI=1S/C18H18ClIN2O/c1-18(2,11-21-3)22-17(23)14-8-13(9-16(20)10-14)12-4-6-15(19)7-5-12/h4-11H,1-3H3,(H,22,23). The molecular weight excluding hydrogens is 423 g/mol. The van der Waals surface area contributed by atoms with Gasteiger partial charge in [0, 0.05) is 27.4 Å². The molecule has 0 saturated carbocycles. The fourth-order valence-corrected chi connectivity index (χ4v) is 3.05. The van der Waals surface area contributed by atoms with Crippen LogP contribution in [0.15, 0.2) is 47.5 Å². The molecule has 0 aliphatic heterocycles. The Kier molecular flexibility index (Phi) is 5.81. The van der Waals surface area contributed by atoms with E-state index in [0.29, 0.717) is 10.6 Å². The normalized spacial score (nSPS) is 11.7. The van der Waals surface area contributed by atoms with Gasteiger partial charge in [-0.15, -0.1) is 0 Å². The number of halogens is 2. The maximum atomic E-state index is 12.5. The molecule has 0 spiro atoms. The molecule has 1 N–H and O–H groups in total. The van der Waals surface area contributed by atoms with Gasteiger partial charge in [-0.05, 0) is 77.9 Å². The lowest BCUT2D eigenvalue weighted by Crippen LogP contribution is -2.44. The van der Waals surface area contributed by atoms with E-state index in [1.807, 2.05) is 56.3 Å². The predicted octanol–water partition coefficient (Wildman–Crippen LogP) is 4.82. The van der Waals surface area contributed by atoms with Crippen LogP contribution in [0.5, 0.6) is 0 Å². The molecule has 0 aromatic heterocycles. The van der Waals surface area contributed by atoms with Crippen LogP contribution >= 0.6 is 34.2 Å². The lowest BCUT2D eigenvalue weighted by molar-refractivity contribution is 0.0933. The van der Waals surface area contributed by atoms with Gasteiger partial charge in [0.05, 0.1) is 5.54 Å². The molecule has 2 rings (SSSR count). The molecule has 0 heterocycles. The first-order chi connectivity index (χ1) is 10.8. The zero-order valence-electron chi connectivity index (χ0n) is 13.2. The van der Waals surface area contributed by atoms with Gasteiger partial charge in [0.1, 0.15) is 0 Å². The summed E-state index contributed by atoms with van der Waals surface area (Å²) in [5.41, 5.74) is 2.14. The minimum absolute atomic E-state index is 0.122. The Labute approximate surface area is 155 Å². The molecule has 2 aromatic rings. The third kappa shape index (κ3) is 5.04. The number of hydrogen-bond donors (Lipinski definition) is 1. The van der Waals surface area contributed by atoms with Crippen molar-refractivity contribution in [1.29, 1.82) is 0 Å². The van der Waals surface area contributed by atoms with E-state index in [1.54, 1.807) is 13.3 Å². The van der Waals surface area contributed by atoms with Crippen molar-refractivity contribution in [3.63, 3.8) is 0 Å². The molecule has 3 nitrogen and oxygen atoms in total. The van der Waals surface area contributed by atoms with Crippen LogP contribution in [0.25, 0.3) is 11.1 Å². The van der Waals surface area contributed by atoms with Gasteiger partial charge >= 0.3 is 0 Å². The van der Waals surface area contributed by atoms with Crippen LogP contribution in [0.4, 0.5) is 0 Å². The zero-order chi connectivity index (χ0) is 17.0. The third-order valence-electron chi connectivity index (χ3n) is 3.23. The van der Waals surface area contributed by atoms with E-state index in [0.717, 1.165) is 14.7 Å². The topological polar surface area (TPSA) is 41.5 Å². The number of benzene rings is 2. The molecule has 0 aliphatic rings. The van der Waals surface area contributed by atoms with E-state index >= 15 is 0 Å². The first kappa shape index (κ1) is 17.9. The van der Waals surface area contributed by atoms with Crippen molar-refractivity contribution in [3.8, 4) is 11.1 Å². The predicted molar refractivity (Wildman–Crippen MR) is 106 cm³/mol. The molecular formula is C18H18ClIN2O. The van der Waals surface area contributed by atoms with Crippen LogP contribution < -0.4 is 5.32 Å². The molecule has 0 atom stereocenters. The fourth-order valence-electron chi connectivity index (χ4n) is 2.25. The molecule has 2 aromatic carbocycles. The summed E-state index contributed by atoms with van der Waals surface area (Å²) in [4.78, 5) is 16.5. The Hall–Kier alpha value is -1.40. The molecule has 0 aliphatic carbocycles. The maximum Gasteiger partial charge on any atom is 0.252 e. The van der Waals surface area contributed by atoms with E-state index in [4.69, 9.17) is 11.6 Å². The van der Waals surface area contributed by atoms with Crippen molar-refractivity contribution >= 4 is 46.3 Å². The minimum Gasteiger partial charge on any atom is -0.342 e. The Morgan fingerprint density at radius 3 is 2.43 bits per heavy atom. The van der Waals surface area contributed by atoms with Crippen molar-refractivity contribution < 1.29 is 4.79 Å². The minimum atomic E-state index is -0.493. The highest BCUT2D eigenvalue weighted by molar-refractivity contribution is 14.1. The molecule has 1 amide bonds. The van der Waals surface area contributed by atoms with Gasteiger partial charge < -0.3 is 5.32 Å². The quantitative estimate of drug-likeness (QED) is 0.537. The number of amides is 1. The van der Waals surface area contributed by atoms with Gasteiger partial charge in [-0.3, -0.25) is 9.79 Å². The Balaban J connectivity index is 2.33. The molecule has 5 heteroatoms. The fraction of sp³-hybridized carbons (Fsp3) is 0.222. The van der Waals surface area contributed by atoms with E-state index < -0.39 is 5.54 Å². The van der Waals surface area contributed by atoms with Gasteiger partial charge in [0.25, 0.3) is 5.91 Å². The Morgan fingerprint density at radius 2 is 1.83 bits per heavy atom. The van der Waals surface area contributed by atoms with Gasteiger partial charge in [-0.25, -0.2) is 0 Å². The highest BCUT2D eigenvalue weighted by atomic mass is 127. The second kappa shape index (κ2) is 7.45. The summed E-state index contributed by atoms with van der Waals surface area (Å²) in [6.07, 6.45) is 1.72. The van der Waals surface area contributed by atoms with Crippen LogP contribution in [0.3, 0.4) is 0 Å². The number of rotatable bonds is 4. The highest BCUT2D eigenvalue weighted by Crippen LogP contribution is 2.25. The van der Waals surface area contributed by atoms with Crippen LogP contribution in [-0.4, -0.2) is 24.7 Å². The SMILES string of the molecule is CN=CC(C)(C)NC(=O)c1cc(I)cc(-c2ccc(Cl)cc2)c1. The average Bonchev–Trinajstić information content (AvgIpc) is 2.46. The van der Waals surface area contributed by atoms with Crippen molar-refractivity contribution in [2.45, 2.75) is 19.4 Å². The number of aliphatic imine (C=N–C) groups is 1. The van der Waals surface area contributed by atoms with Gasteiger partial charge in [0.15, 0.2) is 0 Å². The van der Waals surface area contributed by atoms with Crippen LogP contribution in [-0.2, 0) is 0 Å². The largest absolute Gasteiger partial charge is 0.342 e. The van der Waals surface area contributed by atoms with Crippen LogP contribution in [0.1, 0.15) is 24.2 Å². The zero-order valence-corrected chi connectivity index (χ0v) is 16.1. The molecule has 120 valence electrons. The second-order valence-electron chi connectivity index (χ2n) is 5.80. The summed E-state index contributed by atoms with van der Waals surface area (Å²) in [5.74, 6) is -0.122. The number of carbonyl (C=O) groups is 1.